The molecule has 2 heterocycles. The topological polar surface area (TPSA) is 96.5 Å². The Morgan fingerprint density at radius 2 is 2.33 bits per heavy atom. The highest BCUT2D eigenvalue weighted by molar-refractivity contribution is 8.01. The third-order valence-corrected chi connectivity index (χ3v) is 6.89. The lowest BCUT2D eigenvalue weighted by Crippen LogP contribution is -2.41. The number of rotatable bonds is 7. The van der Waals surface area contributed by atoms with Gasteiger partial charge in [-0.15, -0.1) is 11.3 Å². The summed E-state index contributed by atoms with van der Waals surface area (Å²) in [5, 5.41) is 11.1. The van der Waals surface area contributed by atoms with Crippen LogP contribution in [0.15, 0.2) is 27.9 Å². The number of halogens is 1. The van der Waals surface area contributed by atoms with Crippen molar-refractivity contribution in [3.05, 3.63) is 45.4 Å². The second-order valence-electron chi connectivity index (χ2n) is 6.40. The Morgan fingerprint density at radius 1 is 1.56 bits per heavy atom. The number of nitrogens with zero attached hydrogens (tertiary/aromatic N) is 2. The van der Waals surface area contributed by atoms with Crippen molar-refractivity contribution in [3.63, 3.8) is 0 Å². The maximum atomic E-state index is 12.3. The average Bonchev–Trinajstić information content (AvgIpc) is 3.22. The van der Waals surface area contributed by atoms with Crippen LogP contribution < -0.4 is 5.73 Å². The molecular formula is C18H20ClN3O3S2. The number of aromatic carboxylic acids is 1. The molecule has 144 valence electrons. The van der Waals surface area contributed by atoms with Gasteiger partial charge in [0.05, 0.1) is 12.1 Å². The first kappa shape index (κ1) is 20.1. The van der Waals surface area contributed by atoms with Gasteiger partial charge in [-0.05, 0) is 30.5 Å². The number of carboxylic acid groups (broad SMARTS) is 1. The molecular weight excluding hydrogens is 406 g/mol. The summed E-state index contributed by atoms with van der Waals surface area (Å²) < 4.78 is 0.682. The Kier molecular flexibility index (Phi) is 6.41. The van der Waals surface area contributed by atoms with Crippen molar-refractivity contribution in [2.45, 2.75) is 36.2 Å². The smallest absolute Gasteiger partial charge is 0.355 e. The van der Waals surface area contributed by atoms with E-state index in [9.17, 15) is 9.59 Å². The van der Waals surface area contributed by atoms with Gasteiger partial charge in [0.2, 0.25) is 5.91 Å². The van der Waals surface area contributed by atoms with Gasteiger partial charge < -0.3 is 15.7 Å². The molecule has 1 saturated heterocycles. The van der Waals surface area contributed by atoms with Gasteiger partial charge in [0.1, 0.15) is 0 Å². The van der Waals surface area contributed by atoms with E-state index in [1.807, 2.05) is 30.0 Å². The van der Waals surface area contributed by atoms with Crippen molar-refractivity contribution in [2.75, 3.05) is 12.3 Å². The molecule has 1 amide bonds. The SMILES string of the molecule is Cc1ccc(C(N)[C@H]2CCC(=O)N2CCSc2nc(C(=O)O)cs2)c(Cl)c1. The van der Waals surface area contributed by atoms with E-state index in [4.69, 9.17) is 22.4 Å². The van der Waals surface area contributed by atoms with Gasteiger partial charge in [-0.1, -0.05) is 35.5 Å². The zero-order chi connectivity index (χ0) is 19.6. The Hall–Kier alpha value is -1.61. The highest BCUT2D eigenvalue weighted by atomic mass is 35.5. The van der Waals surface area contributed by atoms with Gasteiger partial charge in [-0.3, -0.25) is 4.79 Å². The monoisotopic (exact) mass is 425 g/mol. The van der Waals surface area contributed by atoms with E-state index in [1.54, 1.807) is 0 Å². The number of likely N-dealkylation sites (tertiary alicyclic amines) is 1. The Bertz CT molecular complexity index is 858. The molecule has 2 atom stereocenters. The molecule has 9 heteroatoms. The predicted octanol–water partition coefficient (Wildman–Crippen LogP) is 3.59. The number of aryl methyl sites for hydroxylation is 1. The Balaban J connectivity index is 1.64. The third kappa shape index (κ3) is 4.63. The molecule has 1 unspecified atom stereocenters. The number of carbonyl (C=O) groups is 2. The van der Waals surface area contributed by atoms with Gasteiger partial charge in [0.25, 0.3) is 0 Å². The highest BCUT2D eigenvalue weighted by Crippen LogP contribution is 2.33. The summed E-state index contributed by atoms with van der Waals surface area (Å²) in [4.78, 5) is 29.1. The molecule has 0 aliphatic carbocycles. The molecule has 1 aromatic heterocycles. The van der Waals surface area contributed by atoms with Gasteiger partial charge in [-0.25, -0.2) is 9.78 Å². The van der Waals surface area contributed by atoms with Crippen LogP contribution in [0.25, 0.3) is 0 Å². The summed E-state index contributed by atoms with van der Waals surface area (Å²) in [6.07, 6.45) is 1.18. The number of hydrogen-bond donors (Lipinski definition) is 2. The molecule has 0 saturated carbocycles. The molecule has 0 bridgehead atoms. The van der Waals surface area contributed by atoms with E-state index in [1.165, 1.54) is 28.5 Å². The average molecular weight is 426 g/mol. The van der Waals surface area contributed by atoms with E-state index >= 15 is 0 Å². The largest absolute Gasteiger partial charge is 0.476 e. The van der Waals surface area contributed by atoms with Gasteiger partial charge in [0.15, 0.2) is 10.0 Å². The van der Waals surface area contributed by atoms with E-state index in [0.717, 1.165) is 11.1 Å². The van der Waals surface area contributed by atoms with Crippen LogP contribution in [0.5, 0.6) is 0 Å². The van der Waals surface area contributed by atoms with Crippen LogP contribution in [0.1, 0.15) is 40.5 Å². The molecule has 2 aromatic rings. The van der Waals surface area contributed by atoms with Gasteiger partial charge in [-0.2, -0.15) is 0 Å². The fraction of sp³-hybridized carbons (Fsp3) is 0.389. The molecule has 0 radical (unpaired) electrons. The quantitative estimate of drug-likeness (QED) is 0.658. The van der Waals surface area contributed by atoms with Crippen LogP contribution >= 0.6 is 34.7 Å². The van der Waals surface area contributed by atoms with Crippen molar-refractivity contribution in [1.29, 1.82) is 0 Å². The number of hydrogen-bond acceptors (Lipinski definition) is 6. The third-order valence-electron chi connectivity index (χ3n) is 4.56. The molecule has 0 spiro atoms. The second-order valence-corrected chi connectivity index (χ2v) is 9.00. The van der Waals surface area contributed by atoms with E-state index in [0.29, 0.717) is 34.5 Å². The van der Waals surface area contributed by atoms with Crippen LogP contribution in [0.2, 0.25) is 5.02 Å². The minimum Gasteiger partial charge on any atom is -0.476 e. The minimum absolute atomic E-state index is 0.0497. The van der Waals surface area contributed by atoms with Gasteiger partial charge in [0, 0.05) is 29.1 Å². The number of aromatic nitrogens is 1. The van der Waals surface area contributed by atoms with Crippen LogP contribution in [0.3, 0.4) is 0 Å². The molecule has 6 nitrogen and oxygen atoms in total. The van der Waals surface area contributed by atoms with Crippen LogP contribution in [0.4, 0.5) is 0 Å². The van der Waals surface area contributed by atoms with Crippen molar-refractivity contribution < 1.29 is 14.7 Å². The summed E-state index contributed by atoms with van der Waals surface area (Å²) in [6, 6.07) is 5.36. The summed E-state index contributed by atoms with van der Waals surface area (Å²) in [5.41, 5.74) is 8.43. The minimum atomic E-state index is -1.03. The van der Waals surface area contributed by atoms with Gasteiger partial charge >= 0.3 is 5.97 Å². The predicted molar refractivity (Wildman–Crippen MR) is 108 cm³/mol. The van der Waals surface area contributed by atoms with Crippen LogP contribution in [-0.4, -0.2) is 45.2 Å². The molecule has 3 N–H and O–H groups in total. The normalized spacial score (nSPS) is 18.1. The molecule has 1 aliphatic rings. The lowest BCUT2D eigenvalue weighted by Gasteiger charge is -2.30. The van der Waals surface area contributed by atoms with Crippen molar-refractivity contribution in [3.8, 4) is 0 Å². The molecule has 3 rings (SSSR count). The zero-order valence-corrected chi connectivity index (χ0v) is 17.1. The molecule has 1 fully saturated rings. The number of benzene rings is 1. The summed E-state index contributed by atoms with van der Waals surface area (Å²) in [7, 11) is 0. The number of carbonyl (C=O) groups excluding carboxylic acids is 1. The molecule has 1 aliphatic heterocycles. The number of thioether (sulfide) groups is 1. The van der Waals surface area contributed by atoms with E-state index in [-0.39, 0.29) is 23.7 Å². The van der Waals surface area contributed by atoms with Crippen molar-refractivity contribution in [1.82, 2.24) is 9.88 Å². The summed E-state index contributed by atoms with van der Waals surface area (Å²) >= 11 is 9.10. The van der Waals surface area contributed by atoms with Crippen LogP contribution in [0, 0.1) is 6.92 Å². The van der Waals surface area contributed by atoms with Crippen molar-refractivity contribution in [2.24, 2.45) is 5.73 Å². The summed E-state index contributed by atoms with van der Waals surface area (Å²) in [6.45, 7) is 2.51. The zero-order valence-electron chi connectivity index (χ0n) is 14.7. The number of nitrogens with two attached hydrogens (primary N) is 1. The Morgan fingerprint density at radius 3 is 3.00 bits per heavy atom. The number of amides is 1. The first-order chi connectivity index (χ1) is 12.9. The maximum Gasteiger partial charge on any atom is 0.355 e. The van der Waals surface area contributed by atoms with Crippen LogP contribution in [-0.2, 0) is 4.79 Å². The highest BCUT2D eigenvalue weighted by Gasteiger charge is 2.35. The molecule has 27 heavy (non-hydrogen) atoms. The molecule has 1 aromatic carbocycles. The van der Waals surface area contributed by atoms with Crippen molar-refractivity contribution >= 4 is 46.6 Å². The first-order valence-electron chi connectivity index (χ1n) is 8.49. The summed E-state index contributed by atoms with van der Waals surface area (Å²) in [5.74, 6) is -0.318. The lowest BCUT2D eigenvalue weighted by atomic mass is 9.97. The maximum absolute atomic E-state index is 12.3. The fourth-order valence-corrected chi connectivity index (χ4v) is 5.35. The van der Waals surface area contributed by atoms with E-state index < -0.39 is 5.97 Å². The standard InChI is InChI=1S/C18H20ClN3O3S2/c1-10-2-3-11(12(19)8-10)16(20)14-4-5-15(23)22(14)6-7-26-18-21-13(9-27-18)17(24)25/h2-3,8-9,14,16H,4-7,20H2,1H3,(H,24,25)/t14-,16?/m1/s1. The second kappa shape index (κ2) is 8.60. The number of thiazole rings is 1. The number of carboxylic acids is 1. The Labute approximate surface area is 170 Å². The fourth-order valence-electron chi connectivity index (χ4n) is 3.18. The lowest BCUT2D eigenvalue weighted by molar-refractivity contribution is -0.128. The van der Waals surface area contributed by atoms with E-state index in [2.05, 4.69) is 4.98 Å². The first-order valence-corrected chi connectivity index (χ1v) is 10.7.